The molecular formula is C8H15F3N2. The van der Waals surface area contributed by atoms with Crippen LogP contribution >= 0.6 is 0 Å². The van der Waals surface area contributed by atoms with E-state index in [1.807, 2.05) is 6.92 Å². The second-order valence-corrected chi connectivity index (χ2v) is 3.21. The van der Waals surface area contributed by atoms with Crippen LogP contribution in [0.25, 0.3) is 0 Å². The number of hydrogen-bond acceptors (Lipinski definition) is 2. The Morgan fingerprint density at radius 2 is 2.15 bits per heavy atom. The van der Waals surface area contributed by atoms with E-state index in [2.05, 4.69) is 5.32 Å². The molecule has 1 fully saturated rings. The Hall–Kier alpha value is -0.290. The van der Waals surface area contributed by atoms with Crippen LogP contribution < -0.4 is 5.32 Å². The molecule has 78 valence electrons. The van der Waals surface area contributed by atoms with Crippen LogP contribution in [0.5, 0.6) is 0 Å². The lowest BCUT2D eigenvalue weighted by atomic mass is 10.1. The van der Waals surface area contributed by atoms with Gasteiger partial charge in [0.05, 0.1) is 0 Å². The van der Waals surface area contributed by atoms with E-state index >= 15 is 0 Å². The highest BCUT2D eigenvalue weighted by atomic mass is 19.3. The monoisotopic (exact) mass is 196 g/mol. The summed E-state index contributed by atoms with van der Waals surface area (Å²) < 4.78 is 37.2. The maximum absolute atomic E-state index is 13.0. The van der Waals surface area contributed by atoms with Crippen LogP contribution in [0.15, 0.2) is 0 Å². The van der Waals surface area contributed by atoms with Gasteiger partial charge in [-0.05, 0) is 6.42 Å². The van der Waals surface area contributed by atoms with Gasteiger partial charge in [0.1, 0.15) is 0 Å². The Morgan fingerprint density at radius 1 is 1.46 bits per heavy atom. The van der Waals surface area contributed by atoms with E-state index in [1.54, 1.807) is 0 Å². The largest absolute Gasteiger partial charge is 0.314 e. The third-order valence-electron chi connectivity index (χ3n) is 2.39. The van der Waals surface area contributed by atoms with Crippen LogP contribution in [-0.4, -0.2) is 43.3 Å². The van der Waals surface area contributed by atoms with Crippen molar-refractivity contribution in [1.29, 1.82) is 0 Å². The molecule has 0 aromatic rings. The first-order valence-electron chi connectivity index (χ1n) is 4.55. The molecule has 2 atom stereocenters. The average Bonchev–Trinajstić information content (AvgIpc) is 2.16. The first kappa shape index (κ1) is 10.8. The summed E-state index contributed by atoms with van der Waals surface area (Å²) in [6.45, 7) is 3.43. The number of alkyl halides is 3. The summed E-state index contributed by atoms with van der Waals surface area (Å²) in [6, 6.07) is -0.0993. The zero-order valence-corrected chi connectivity index (χ0v) is 7.64. The first-order chi connectivity index (χ1) is 6.16. The van der Waals surface area contributed by atoms with Gasteiger partial charge in [0.15, 0.2) is 0 Å². The Bertz CT molecular complexity index is 152. The van der Waals surface area contributed by atoms with E-state index in [9.17, 15) is 13.2 Å². The predicted molar refractivity (Wildman–Crippen MR) is 44.6 cm³/mol. The molecule has 1 rings (SSSR count). The van der Waals surface area contributed by atoms with Crippen LogP contribution in [0, 0.1) is 0 Å². The van der Waals surface area contributed by atoms with Gasteiger partial charge in [-0.1, -0.05) is 6.92 Å². The predicted octanol–water partition coefficient (Wildman–Crippen LogP) is 1.23. The van der Waals surface area contributed by atoms with E-state index < -0.39 is 12.7 Å². The molecule has 0 aromatic carbocycles. The lowest BCUT2D eigenvalue weighted by Crippen LogP contribution is -2.55. The Kier molecular flexibility index (Phi) is 3.99. The highest BCUT2D eigenvalue weighted by Gasteiger charge is 2.33. The smallest absolute Gasteiger partial charge is 0.282 e. The molecule has 0 radical (unpaired) electrons. The molecule has 1 saturated heterocycles. The van der Waals surface area contributed by atoms with Crippen molar-refractivity contribution >= 4 is 0 Å². The van der Waals surface area contributed by atoms with E-state index in [-0.39, 0.29) is 6.04 Å². The van der Waals surface area contributed by atoms with Gasteiger partial charge in [0, 0.05) is 25.7 Å². The van der Waals surface area contributed by atoms with E-state index in [4.69, 9.17) is 0 Å². The van der Waals surface area contributed by atoms with Crippen LogP contribution in [0.4, 0.5) is 13.2 Å². The fourth-order valence-corrected chi connectivity index (χ4v) is 1.62. The SMILES string of the molecule is CCC1CNCCN1C(F)C(F)F. The van der Waals surface area contributed by atoms with E-state index in [0.717, 1.165) is 0 Å². The molecule has 0 aliphatic carbocycles. The first-order valence-corrected chi connectivity index (χ1v) is 4.55. The lowest BCUT2D eigenvalue weighted by Gasteiger charge is -2.37. The number of halogens is 3. The van der Waals surface area contributed by atoms with Gasteiger partial charge < -0.3 is 5.32 Å². The Labute approximate surface area is 76.1 Å². The van der Waals surface area contributed by atoms with Gasteiger partial charge >= 0.3 is 0 Å². The fraction of sp³-hybridized carbons (Fsp3) is 1.00. The molecule has 0 spiro atoms. The van der Waals surface area contributed by atoms with Crippen molar-refractivity contribution in [2.45, 2.75) is 32.1 Å². The fourth-order valence-electron chi connectivity index (χ4n) is 1.62. The van der Waals surface area contributed by atoms with Crippen LogP contribution in [0.1, 0.15) is 13.3 Å². The summed E-state index contributed by atoms with van der Waals surface area (Å²) >= 11 is 0. The van der Waals surface area contributed by atoms with Crippen LogP contribution in [-0.2, 0) is 0 Å². The minimum absolute atomic E-state index is 0.0993. The van der Waals surface area contributed by atoms with E-state index in [0.29, 0.717) is 26.1 Å². The van der Waals surface area contributed by atoms with Crippen molar-refractivity contribution in [3.8, 4) is 0 Å². The molecule has 1 aliphatic rings. The number of rotatable bonds is 3. The zero-order valence-electron chi connectivity index (χ0n) is 7.64. The molecule has 13 heavy (non-hydrogen) atoms. The van der Waals surface area contributed by atoms with Gasteiger partial charge in [0.2, 0.25) is 6.30 Å². The second-order valence-electron chi connectivity index (χ2n) is 3.21. The van der Waals surface area contributed by atoms with Gasteiger partial charge in [-0.25, -0.2) is 13.2 Å². The van der Waals surface area contributed by atoms with Crippen molar-refractivity contribution in [1.82, 2.24) is 10.2 Å². The van der Waals surface area contributed by atoms with Gasteiger partial charge in [0.25, 0.3) is 6.43 Å². The third kappa shape index (κ3) is 2.57. The van der Waals surface area contributed by atoms with Crippen molar-refractivity contribution in [2.24, 2.45) is 0 Å². The molecule has 2 unspecified atom stereocenters. The molecule has 5 heteroatoms. The summed E-state index contributed by atoms with van der Waals surface area (Å²) in [7, 11) is 0. The molecule has 0 aromatic heterocycles. The normalized spacial score (nSPS) is 27.9. The molecule has 1 N–H and O–H groups in total. The minimum atomic E-state index is -2.90. The second kappa shape index (κ2) is 4.81. The summed E-state index contributed by atoms with van der Waals surface area (Å²) in [5, 5.41) is 3.06. The minimum Gasteiger partial charge on any atom is -0.314 e. The number of nitrogens with one attached hydrogen (secondary N) is 1. The maximum Gasteiger partial charge on any atom is 0.282 e. The summed E-state index contributed by atoms with van der Waals surface area (Å²) in [5.41, 5.74) is 0. The summed E-state index contributed by atoms with van der Waals surface area (Å²) in [4.78, 5) is 1.25. The zero-order chi connectivity index (χ0) is 9.84. The molecule has 1 aliphatic heterocycles. The van der Waals surface area contributed by atoms with Crippen LogP contribution in [0.2, 0.25) is 0 Å². The quantitative estimate of drug-likeness (QED) is 0.683. The van der Waals surface area contributed by atoms with Crippen molar-refractivity contribution in [3.05, 3.63) is 0 Å². The highest BCUT2D eigenvalue weighted by Crippen LogP contribution is 2.17. The third-order valence-corrected chi connectivity index (χ3v) is 2.39. The topological polar surface area (TPSA) is 15.3 Å². The molecule has 0 amide bonds. The van der Waals surface area contributed by atoms with Crippen molar-refractivity contribution in [3.63, 3.8) is 0 Å². The number of nitrogens with zero attached hydrogens (tertiary/aromatic N) is 1. The van der Waals surface area contributed by atoms with E-state index in [1.165, 1.54) is 4.90 Å². The Balaban J connectivity index is 2.53. The number of piperazine rings is 1. The van der Waals surface area contributed by atoms with Crippen molar-refractivity contribution < 1.29 is 13.2 Å². The average molecular weight is 196 g/mol. The van der Waals surface area contributed by atoms with Gasteiger partial charge in [-0.15, -0.1) is 0 Å². The molecule has 0 saturated carbocycles. The standard InChI is InChI=1S/C8H15F3N2/c1-2-6-5-12-3-4-13(6)8(11)7(9)10/h6-8,12H,2-5H2,1H3. The number of hydrogen-bond donors (Lipinski definition) is 1. The summed E-state index contributed by atoms with van der Waals surface area (Å²) in [5.74, 6) is 0. The molecule has 1 heterocycles. The molecule has 2 nitrogen and oxygen atoms in total. The van der Waals surface area contributed by atoms with Crippen LogP contribution in [0.3, 0.4) is 0 Å². The van der Waals surface area contributed by atoms with Crippen molar-refractivity contribution in [2.75, 3.05) is 19.6 Å². The molecular weight excluding hydrogens is 181 g/mol. The van der Waals surface area contributed by atoms with Gasteiger partial charge in [-0.2, -0.15) is 0 Å². The summed E-state index contributed by atoms with van der Waals surface area (Å²) in [6.07, 6.45) is -4.31. The highest BCUT2D eigenvalue weighted by molar-refractivity contribution is 4.81. The van der Waals surface area contributed by atoms with Gasteiger partial charge in [-0.3, -0.25) is 4.90 Å². The maximum atomic E-state index is 13.0. The Morgan fingerprint density at radius 3 is 2.69 bits per heavy atom. The lowest BCUT2D eigenvalue weighted by molar-refractivity contribution is -0.0744. The molecule has 0 bridgehead atoms.